The summed E-state index contributed by atoms with van der Waals surface area (Å²) in [6.45, 7) is 2.29. The number of benzene rings is 2. The Bertz CT molecular complexity index is 666. The molecule has 0 aliphatic rings. The summed E-state index contributed by atoms with van der Waals surface area (Å²) in [6.07, 6.45) is 0. The molecule has 3 nitrogen and oxygen atoms in total. The standard InChI is InChI=1S/C18H18O3/c1-14-12-17(10-9-15(14)7-5-11-19)21-13-16-6-3-4-8-18(16)20-2/h3-4,6,8-10,12,19H,11,13H2,1-2H3. The maximum atomic E-state index is 8.72. The summed E-state index contributed by atoms with van der Waals surface area (Å²) >= 11 is 0. The average molecular weight is 282 g/mol. The van der Waals surface area contributed by atoms with E-state index in [1.165, 1.54) is 0 Å². The summed E-state index contributed by atoms with van der Waals surface area (Å²) in [6, 6.07) is 13.5. The van der Waals surface area contributed by atoms with Gasteiger partial charge in [0.15, 0.2) is 0 Å². The van der Waals surface area contributed by atoms with Crippen molar-refractivity contribution in [3.05, 3.63) is 59.2 Å². The molecule has 0 saturated heterocycles. The van der Waals surface area contributed by atoms with Crippen molar-refractivity contribution in [2.45, 2.75) is 13.5 Å². The van der Waals surface area contributed by atoms with E-state index in [1.54, 1.807) is 7.11 Å². The molecule has 0 atom stereocenters. The molecule has 0 fully saturated rings. The van der Waals surface area contributed by atoms with Gasteiger partial charge in [0.05, 0.1) is 7.11 Å². The fourth-order valence-corrected chi connectivity index (χ4v) is 1.98. The maximum absolute atomic E-state index is 8.72. The Hall–Kier alpha value is -2.44. The Kier molecular flexibility index (Phi) is 5.25. The second-order valence-electron chi connectivity index (χ2n) is 4.54. The molecule has 3 heteroatoms. The van der Waals surface area contributed by atoms with Crippen LogP contribution in [0.3, 0.4) is 0 Å². The first-order valence-corrected chi connectivity index (χ1v) is 6.69. The van der Waals surface area contributed by atoms with Crippen LogP contribution >= 0.6 is 0 Å². The molecular formula is C18H18O3. The number of aliphatic hydroxyl groups is 1. The molecule has 0 unspecified atom stereocenters. The topological polar surface area (TPSA) is 38.7 Å². The Labute approximate surface area is 125 Å². The lowest BCUT2D eigenvalue weighted by Gasteiger charge is -2.11. The van der Waals surface area contributed by atoms with Gasteiger partial charge >= 0.3 is 0 Å². The molecule has 2 rings (SSSR count). The molecule has 1 N–H and O–H groups in total. The molecule has 0 aliphatic carbocycles. The number of ether oxygens (including phenoxy) is 2. The van der Waals surface area contributed by atoms with Crippen molar-refractivity contribution in [3.63, 3.8) is 0 Å². The molecule has 0 aliphatic heterocycles. The molecule has 0 spiro atoms. The summed E-state index contributed by atoms with van der Waals surface area (Å²) < 4.78 is 11.1. The van der Waals surface area contributed by atoms with Crippen molar-refractivity contribution < 1.29 is 14.6 Å². The van der Waals surface area contributed by atoms with E-state index in [2.05, 4.69) is 11.8 Å². The van der Waals surface area contributed by atoms with Crippen molar-refractivity contribution in [2.75, 3.05) is 13.7 Å². The van der Waals surface area contributed by atoms with Crippen LogP contribution in [-0.2, 0) is 6.61 Å². The fraction of sp³-hybridized carbons (Fsp3) is 0.222. The quantitative estimate of drug-likeness (QED) is 0.876. The maximum Gasteiger partial charge on any atom is 0.125 e. The van der Waals surface area contributed by atoms with Gasteiger partial charge in [0.1, 0.15) is 24.7 Å². The Morgan fingerprint density at radius 1 is 1.14 bits per heavy atom. The highest BCUT2D eigenvalue weighted by molar-refractivity contribution is 5.45. The van der Waals surface area contributed by atoms with Gasteiger partial charge < -0.3 is 14.6 Å². The van der Waals surface area contributed by atoms with Crippen molar-refractivity contribution >= 4 is 0 Å². The molecule has 0 amide bonds. The van der Waals surface area contributed by atoms with Crippen LogP contribution < -0.4 is 9.47 Å². The van der Waals surface area contributed by atoms with Crippen molar-refractivity contribution in [1.29, 1.82) is 0 Å². The van der Waals surface area contributed by atoms with Gasteiger partial charge in [-0.1, -0.05) is 30.0 Å². The van der Waals surface area contributed by atoms with Crippen LogP contribution in [0.4, 0.5) is 0 Å². The minimum Gasteiger partial charge on any atom is -0.496 e. The summed E-state index contributed by atoms with van der Waals surface area (Å²) in [4.78, 5) is 0. The molecule has 0 radical (unpaired) electrons. The first-order valence-electron chi connectivity index (χ1n) is 6.69. The molecule has 0 saturated carbocycles. The first-order chi connectivity index (χ1) is 10.2. The monoisotopic (exact) mass is 282 g/mol. The summed E-state index contributed by atoms with van der Waals surface area (Å²) in [5.74, 6) is 7.16. The Morgan fingerprint density at radius 3 is 2.67 bits per heavy atom. The van der Waals surface area contributed by atoms with Gasteiger partial charge in [0.25, 0.3) is 0 Å². The zero-order valence-corrected chi connectivity index (χ0v) is 12.2. The lowest BCUT2D eigenvalue weighted by molar-refractivity contribution is 0.296. The summed E-state index contributed by atoms with van der Waals surface area (Å²) in [7, 11) is 1.65. The number of aryl methyl sites for hydroxylation is 1. The van der Waals surface area contributed by atoms with Crippen LogP contribution in [0.25, 0.3) is 0 Å². The van der Waals surface area contributed by atoms with Gasteiger partial charge in [-0.05, 0) is 36.8 Å². The van der Waals surface area contributed by atoms with E-state index in [9.17, 15) is 0 Å². The van der Waals surface area contributed by atoms with Crippen molar-refractivity contribution in [3.8, 4) is 23.3 Å². The minimum atomic E-state index is -0.133. The molecule has 21 heavy (non-hydrogen) atoms. The molecule has 2 aromatic carbocycles. The minimum absolute atomic E-state index is 0.133. The largest absolute Gasteiger partial charge is 0.496 e. The smallest absolute Gasteiger partial charge is 0.125 e. The van der Waals surface area contributed by atoms with Crippen LogP contribution in [0, 0.1) is 18.8 Å². The zero-order chi connectivity index (χ0) is 15.1. The average Bonchev–Trinajstić information content (AvgIpc) is 2.52. The number of hydrogen-bond acceptors (Lipinski definition) is 3. The lowest BCUT2D eigenvalue weighted by Crippen LogP contribution is -1.99. The van der Waals surface area contributed by atoms with Crippen LogP contribution in [0.1, 0.15) is 16.7 Å². The molecule has 0 bridgehead atoms. The fourth-order valence-electron chi connectivity index (χ4n) is 1.98. The number of hydrogen-bond donors (Lipinski definition) is 1. The van der Waals surface area contributed by atoms with E-state index >= 15 is 0 Å². The Balaban J connectivity index is 2.08. The third-order valence-electron chi connectivity index (χ3n) is 3.09. The SMILES string of the molecule is COc1ccccc1COc1ccc(C#CCO)c(C)c1. The third-order valence-corrected chi connectivity index (χ3v) is 3.09. The number of rotatable bonds is 4. The predicted molar refractivity (Wildman–Crippen MR) is 82.5 cm³/mol. The number of methoxy groups -OCH3 is 1. The number of para-hydroxylation sites is 1. The normalized spacial score (nSPS) is 9.67. The van der Waals surface area contributed by atoms with Gasteiger partial charge in [-0.25, -0.2) is 0 Å². The van der Waals surface area contributed by atoms with E-state index in [1.807, 2.05) is 49.4 Å². The third kappa shape index (κ3) is 4.01. The first kappa shape index (κ1) is 15.0. The van der Waals surface area contributed by atoms with Crippen molar-refractivity contribution in [2.24, 2.45) is 0 Å². The zero-order valence-electron chi connectivity index (χ0n) is 12.2. The highest BCUT2D eigenvalue weighted by Gasteiger charge is 2.04. The lowest BCUT2D eigenvalue weighted by atomic mass is 10.1. The summed E-state index contributed by atoms with van der Waals surface area (Å²) in [5.41, 5.74) is 2.92. The highest BCUT2D eigenvalue weighted by atomic mass is 16.5. The molecule has 0 heterocycles. The van der Waals surface area contributed by atoms with Crippen LogP contribution in [0.2, 0.25) is 0 Å². The van der Waals surface area contributed by atoms with Crippen LogP contribution in [0.5, 0.6) is 11.5 Å². The van der Waals surface area contributed by atoms with E-state index < -0.39 is 0 Å². The van der Waals surface area contributed by atoms with Gasteiger partial charge in [-0.3, -0.25) is 0 Å². The molecule has 2 aromatic rings. The van der Waals surface area contributed by atoms with E-state index in [0.717, 1.165) is 28.2 Å². The van der Waals surface area contributed by atoms with Gasteiger partial charge in [-0.15, -0.1) is 0 Å². The highest BCUT2D eigenvalue weighted by Crippen LogP contribution is 2.21. The second kappa shape index (κ2) is 7.37. The van der Waals surface area contributed by atoms with Crippen molar-refractivity contribution in [1.82, 2.24) is 0 Å². The van der Waals surface area contributed by atoms with Crippen LogP contribution in [-0.4, -0.2) is 18.8 Å². The second-order valence-corrected chi connectivity index (χ2v) is 4.54. The van der Waals surface area contributed by atoms with Gasteiger partial charge in [0.2, 0.25) is 0 Å². The summed E-state index contributed by atoms with van der Waals surface area (Å²) in [5, 5.41) is 8.72. The molecule has 0 aromatic heterocycles. The Morgan fingerprint density at radius 2 is 1.95 bits per heavy atom. The van der Waals surface area contributed by atoms with E-state index in [0.29, 0.717) is 6.61 Å². The molecule has 108 valence electrons. The van der Waals surface area contributed by atoms with E-state index in [-0.39, 0.29) is 6.61 Å². The number of aliphatic hydroxyl groups excluding tert-OH is 1. The predicted octanol–water partition coefficient (Wildman–Crippen LogP) is 2.93. The molecular weight excluding hydrogens is 264 g/mol. The van der Waals surface area contributed by atoms with Gasteiger partial charge in [-0.2, -0.15) is 0 Å². The van der Waals surface area contributed by atoms with E-state index in [4.69, 9.17) is 14.6 Å². The van der Waals surface area contributed by atoms with Crippen LogP contribution in [0.15, 0.2) is 42.5 Å². The van der Waals surface area contributed by atoms with Gasteiger partial charge in [0, 0.05) is 11.1 Å².